The summed E-state index contributed by atoms with van der Waals surface area (Å²) in [5.41, 5.74) is 0.483. The first kappa shape index (κ1) is 18.2. The molecule has 19 heavy (non-hydrogen) atoms. The van der Waals surface area contributed by atoms with Gasteiger partial charge in [-0.25, -0.2) is 4.79 Å². The van der Waals surface area contributed by atoms with Gasteiger partial charge in [-0.1, -0.05) is 27.4 Å². The van der Waals surface area contributed by atoms with Crippen molar-refractivity contribution in [3.05, 3.63) is 12.2 Å². The SMILES string of the molecule is C=C(C)C(=O)OCCC[N+](CCC)(CCC)CCC. The van der Waals surface area contributed by atoms with Gasteiger partial charge in [-0.15, -0.1) is 0 Å². The molecule has 0 aromatic rings. The van der Waals surface area contributed by atoms with Gasteiger partial charge in [0.15, 0.2) is 0 Å². The molecule has 0 fully saturated rings. The quantitative estimate of drug-likeness (QED) is 0.248. The van der Waals surface area contributed by atoms with E-state index in [1.54, 1.807) is 6.92 Å². The second-order valence-corrected chi connectivity index (χ2v) is 5.51. The molecule has 0 aliphatic carbocycles. The van der Waals surface area contributed by atoms with Crippen molar-refractivity contribution in [2.24, 2.45) is 0 Å². The van der Waals surface area contributed by atoms with Crippen LogP contribution in [0.1, 0.15) is 53.4 Å². The van der Waals surface area contributed by atoms with Crippen LogP contribution in [-0.2, 0) is 9.53 Å². The second-order valence-electron chi connectivity index (χ2n) is 5.51. The topological polar surface area (TPSA) is 26.3 Å². The molecule has 112 valence electrons. The molecule has 0 amide bonds. The first-order valence-corrected chi connectivity index (χ1v) is 7.69. The van der Waals surface area contributed by atoms with Crippen LogP contribution in [0.2, 0.25) is 0 Å². The third-order valence-electron chi connectivity index (χ3n) is 3.45. The summed E-state index contributed by atoms with van der Waals surface area (Å²) in [5, 5.41) is 0. The standard InChI is InChI=1S/C16H32NO2/c1-6-10-17(11-7-2,12-8-3)13-9-14-19-16(18)15(4)5/h4,6-14H2,1-3,5H3/q+1. The number of quaternary nitrogens is 1. The monoisotopic (exact) mass is 270 g/mol. The number of nitrogens with zero attached hydrogens (tertiary/aromatic N) is 1. The summed E-state index contributed by atoms with van der Waals surface area (Å²) < 4.78 is 6.36. The van der Waals surface area contributed by atoms with Gasteiger partial charge in [0.1, 0.15) is 0 Å². The summed E-state index contributed by atoms with van der Waals surface area (Å²) in [5.74, 6) is -0.264. The van der Waals surface area contributed by atoms with E-state index < -0.39 is 0 Å². The van der Waals surface area contributed by atoms with Crippen molar-refractivity contribution in [1.82, 2.24) is 0 Å². The third-order valence-corrected chi connectivity index (χ3v) is 3.45. The fourth-order valence-electron chi connectivity index (χ4n) is 2.78. The van der Waals surface area contributed by atoms with Gasteiger partial charge >= 0.3 is 5.97 Å². The van der Waals surface area contributed by atoms with Crippen molar-refractivity contribution >= 4 is 5.97 Å². The maximum absolute atomic E-state index is 11.3. The average molecular weight is 270 g/mol. The van der Waals surface area contributed by atoms with Crippen molar-refractivity contribution in [3.63, 3.8) is 0 Å². The van der Waals surface area contributed by atoms with Crippen LogP contribution in [0.3, 0.4) is 0 Å². The first-order chi connectivity index (χ1) is 9.01. The van der Waals surface area contributed by atoms with Gasteiger partial charge in [0.2, 0.25) is 0 Å². The molecule has 0 unspecified atom stereocenters. The Balaban J connectivity index is 4.24. The first-order valence-electron chi connectivity index (χ1n) is 7.69. The second kappa shape index (κ2) is 10.0. The zero-order chi connectivity index (χ0) is 14.7. The Bertz CT molecular complexity index is 257. The largest absolute Gasteiger partial charge is 0.462 e. The van der Waals surface area contributed by atoms with Crippen LogP contribution < -0.4 is 0 Å². The molecule has 0 spiro atoms. The van der Waals surface area contributed by atoms with E-state index in [-0.39, 0.29) is 5.97 Å². The van der Waals surface area contributed by atoms with Gasteiger partial charge in [-0.3, -0.25) is 0 Å². The van der Waals surface area contributed by atoms with Crippen molar-refractivity contribution in [2.75, 3.05) is 32.8 Å². The Kier molecular flexibility index (Phi) is 9.58. The highest BCUT2D eigenvalue weighted by atomic mass is 16.5. The maximum atomic E-state index is 11.3. The molecule has 0 aromatic heterocycles. The Morgan fingerprint density at radius 2 is 1.47 bits per heavy atom. The number of carbonyl (C=O) groups is 1. The van der Waals surface area contributed by atoms with Crippen molar-refractivity contribution in [2.45, 2.75) is 53.4 Å². The molecule has 0 rings (SSSR count). The number of carbonyl (C=O) groups excluding carboxylic acids is 1. The van der Waals surface area contributed by atoms with Crippen LogP contribution in [0.4, 0.5) is 0 Å². The molecule has 0 bridgehead atoms. The molecule has 0 saturated carbocycles. The molecular formula is C16H32NO2+. The van der Waals surface area contributed by atoms with Gasteiger partial charge < -0.3 is 9.22 Å². The van der Waals surface area contributed by atoms with Crippen LogP contribution in [0, 0.1) is 0 Å². The van der Waals surface area contributed by atoms with Crippen LogP contribution in [-0.4, -0.2) is 43.2 Å². The van der Waals surface area contributed by atoms with Crippen LogP contribution in [0.25, 0.3) is 0 Å². The molecule has 3 nitrogen and oxygen atoms in total. The number of hydrogen-bond donors (Lipinski definition) is 0. The Morgan fingerprint density at radius 3 is 1.84 bits per heavy atom. The van der Waals surface area contributed by atoms with E-state index in [2.05, 4.69) is 27.4 Å². The van der Waals surface area contributed by atoms with E-state index in [0.29, 0.717) is 12.2 Å². The fraction of sp³-hybridized carbons (Fsp3) is 0.812. The Morgan fingerprint density at radius 1 is 1.00 bits per heavy atom. The number of ether oxygens (including phenoxy) is 1. The van der Waals surface area contributed by atoms with E-state index >= 15 is 0 Å². The summed E-state index contributed by atoms with van der Waals surface area (Å²) in [4.78, 5) is 11.3. The average Bonchev–Trinajstić information content (AvgIpc) is 2.35. The highest BCUT2D eigenvalue weighted by Crippen LogP contribution is 2.13. The molecule has 3 heteroatoms. The van der Waals surface area contributed by atoms with E-state index in [9.17, 15) is 4.79 Å². The molecule has 0 N–H and O–H groups in total. The predicted octanol–water partition coefficient (Wildman–Crippen LogP) is 3.54. The fourth-order valence-corrected chi connectivity index (χ4v) is 2.78. The normalized spacial score (nSPS) is 11.4. The zero-order valence-corrected chi connectivity index (χ0v) is 13.3. The minimum atomic E-state index is -0.264. The van der Waals surface area contributed by atoms with Crippen molar-refractivity contribution in [1.29, 1.82) is 0 Å². The molecule has 0 atom stereocenters. The summed E-state index contributed by atoms with van der Waals surface area (Å²) in [7, 11) is 0. The van der Waals surface area contributed by atoms with Gasteiger partial charge in [0.05, 0.1) is 32.8 Å². The van der Waals surface area contributed by atoms with E-state index in [1.165, 1.54) is 43.4 Å². The third kappa shape index (κ3) is 7.36. The smallest absolute Gasteiger partial charge is 0.333 e. The maximum Gasteiger partial charge on any atom is 0.333 e. The lowest BCUT2D eigenvalue weighted by Gasteiger charge is -2.38. The summed E-state index contributed by atoms with van der Waals surface area (Å²) >= 11 is 0. The van der Waals surface area contributed by atoms with Crippen LogP contribution in [0.15, 0.2) is 12.2 Å². The summed E-state index contributed by atoms with van der Waals surface area (Å²) in [6.45, 7) is 17.4. The van der Waals surface area contributed by atoms with Crippen LogP contribution in [0.5, 0.6) is 0 Å². The minimum absolute atomic E-state index is 0.264. The number of rotatable bonds is 11. The lowest BCUT2D eigenvalue weighted by atomic mass is 10.2. The number of esters is 1. The molecule has 0 aromatic carbocycles. The zero-order valence-electron chi connectivity index (χ0n) is 13.3. The van der Waals surface area contributed by atoms with Gasteiger partial charge in [0, 0.05) is 12.0 Å². The Labute approximate surface area is 119 Å². The van der Waals surface area contributed by atoms with Crippen molar-refractivity contribution in [3.8, 4) is 0 Å². The van der Waals surface area contributed by atoms with Gasteiger partial charge in [0.25, 0.3) is 0 Å². The molecule has 0 aliphatic heterocycles. The summed E-state index contributed by atoms with van der Waals surface area (Å²) in [6.07, 6.45) is 4.59. The van der Waals surface area contributed by atoms with E-state index in [0.717, 1.165) is 13.0 Å². The van der Waals surface area contributed by atoms with Crippen molar-refractivity contribution < 1.29 is 14.0 Å². The highest BCUT2D eigenvalue weighted by molar-refractivity contribution is 5.86. The molecule has 0 radical (unpaired) electrons. The Hall–Kier alpha value is -0.830. The lowest BCUT2D eigenvalue weighted by molar-refractivity contribution is -0.928. The summed E-state index contributed by atoms with van der Waals surface area (Å²) in [6, 6.07) is 0. The molecule has 0 aliphatic rings. The van der Waals surface area contributed by atoms with Gasteiger partial charge in [-0.2, -0.15) is 0 Å². The van der Waals surface area contributed by atoms with Gasteiger partial charge in [-0.05, 0) is 26.2 Å². The van der Waals surface area contributed by atoms with E-state index in [4.69, 9.17) is 4.74 Å². The minimum Gasteiger partial charge on any atom is -0.462 e. The lowest BCUT2D eigenvalue weighted by Crippen LogP contribution is -2.50. The van der Waals surface area contributed by atoms with Crippen LogP contribution >= 0.6 is 0 Å². The molecule has 0 heterocycles. The highest BCUT2D eigenvalue weighted by Gasteiger charge is 2.24. The molecular weight excluding hydrogens is 238 g/mol. The molecule has 0 saturated heterocycles. The predicted molar refractivity (Wildman–Crippen MR) is 81.0 cm³/mol. The van der Waals surface area contributed by atoms with E-state index in [1.807, 2.05) is 0 Å². The number of hydrogen-bond acceptors (Lipinski definition) is 2.